The summed E-state index contributed by atoms with van der Waals surface area (Å²) in [5, 5.41) is 1.14. The smallest absolute Gasteiger partial charge is 0.246 e. The Morgan fingerprint density at radius 1 is 1.00 bits per heavy atom. The normalized spacial score (nSPS) is 23.0. The number of aryl methyl sites for hydroxylation is 1. The highest BCUT2D eigenvalue weighted by atomic mass is 16.5. The Kier molecular flexibility index (Phi) is 5.82. The van der Waals surface area contributed by atoms with Crippen molar-refractivity contribution in [2.45, 2.75) is 31.8 Å². The van der Waals surface area contributed by atoms with E-state index in [1.165, 1.54) is 5.56 Å². The number of carbonyl (C=O) groups is 2. The number of amides is 2. The predicted molar refractivity (Wildman–Crippen MR) is 134 cm³/mol. The predicted octanol–water partition coefficient (Wildman–Crippen LogP) is 2.88. The van der Waals surface area contributed by atoms with Crippen molar-refractivity contribution in [2.75, 3.05) is 45.9 Å². The zero-order valence-electron chi connectivity index (χ0n) is 20.2. The third-order valence-corrected chi connectivity index (χ3v) is 7.74. The Balaban J connectivity index is 1.31. The maximum Gasteiger partial charge on any atom is 0.246 e. The van der Waals surface area contributed by atoms with Crippen LogP contribution in [0.15, 0.2) is 48.5 Å². The van der Waals surface area contributed by atoms with E-state index >= 15 is 0 Å². The number of piperazine rings is 1. The van der Waals surface area contributed by atoms with E-state index in [2.05, 4.69) is 53.2 Å². The number of aromatic amines is 1. The van der Waals surface area contributed by atoms with Crippen molar-refractivity contribution in [3.63, 3.8) is 0 Å². The minimum Gasteiger partial charge on any atom is -0.379 e. The maximum atomic E-state index is 13.8. The van der Waals surface area contributed by atoms with E-state index in [1.54, 1.807) is 4.90 Å². The number of hydrogen-bond acceptors (Lipinski definition) is 4. The standard InChI is InChI=1S/C28H32N4O3/c1-19-7-9-20(10-8-19)27-26-22(21-5-2-3-6-23(21)29-26)17-24-28(34)31(18-25(33)32(24)27)12-4-11-30-13-15-35-16-14-30/h2-3,5-10,24,27,29H,4,11-18H2,1H3. The molecule has 2 aromatic carbocycles. The van der Waals surface area contributed by atoms with E-state index in [9.17, 15) is 9.59 Å². The van der Waals surface area contributed by atoms with Crippen LogP contribution in [-0.2, 0) is 20.7 Å². The van der Waals surface area contributed by atoms with Gasteiger partial charge in [-0.05, 0) is 30.5 Å². The van der Waals surface area contributed by atoms with Crippen molar-refractivity contribution in [3.8, 4) is 0 Å². The summed E-state index contributed by atoms with van der Waals surface area (Å²) in [6.45, 7) is 7.16. The molecule has 4 heterocycles. The van der Waals surface area contributed by atoms with Crippen LogP contribution in [0.4, 0.5) is 0 Å². The van der Waals surface area contributed by atoms with Gasteiger partial charge in [0.2, 0.25) is 11.8 Å². The quantitative estimate of drug-likeness (QED) is 0.620. The van der Waals surface area contributed by atoms with Crippen LogP contribution in [0, 0.1) is 6.92 Å². The lowest BCUT2D eigenvalue weighted by atomic mass is 9.86. The van der Waals surface area contributed by atoms with Crippen molar-refractivity contribution >= 4 is 22.7 Å². The first-order chi connectivity index (χ1) is 17.1. The Labute approximate surface area is 205 Å². The van der Waals surface area contributed by atoms with Crippen LogP contribution in [-0.4, -0.2) is 83.5 Å². The number of morpholine rings is 1. The fraction of sp³-hybridized carbons (Fsp3) is 0.429. The van der Waals surface area contributed by atoms with Crippen molar-refractivity contribution in [3.05, 3.63) is 70.9 Å². The van der Waals surface area contributed by atoms with E-state index in [0.29, 0.717) is 13.0 Å². The molecular formula is C28H32N4O3. The van der Waals surface area contributed by atoms with E-state index in [-0.39, 0.29) is 24.4 Å². The lowest BCUT2D eigenvalue weighted by molar-refractivity contribution is -0.158. The third kappa shape index (κ3) is 4.02. The Hall–Kier alpha value is -3.16. The van der Waals surface area contributed by atoms with Crippen LogP contribution in [0.25, 0.3) is 10.9 Å². The van der Waals surface area contributed by atoms with Crippen molar-refractivity contribution in [2.24, 2.45) is 0 Å². The van der Waals surface area contributed by atoms with Crippen LogP contribution < -0.4 is 0 Å². The number of nitrogens with zero attached hydrogens (tertiary/aromatic N) is 3. The Morgan fingerprint density at radius 3 is 2.57 bits per heavy atom. The third-order valence-electron chi connectivity index (χ3n) is 7.74. The molecule has 2 amide bonds. The first-order valence-corrected chi connectivity index (χ1v) is 12.7. The van der Waals surface area contributed by atoms with Gasteiger partial charge in [0.1, 0.15) is 6.04 Å². The van der Waals surface area contributed by atoms with Crippen molar-refractivity contribution in [1.29, 1.82) is 0 Å². The number of fused-ring (bicyclic) bond motifs is 4. The van der Waals surface area contributed by atoms with Gasteiger partial charge in [0.25, 0.3) is 0 Å². The molecule has 3 aliphatic heterocycles. The molecule has 0 radical (unpaired) electrons. The number of para-hydroxylation sites is 1. The lowest BCUT2D eigenvalue weighted by Crippen LogP contribution is -2.63. The second-order valence-corrected chi connectivity index (χ2v) is 9.96. The van der Waals surface area contributed by atoms with Gasteiger partial charge in [0.05, 0.1) is 25.8 Å². The van der Waals surface area contributed by atoms with E-state index < -0.39 is 6.04 Å². The molecule has 2 unspecified atom stereocenters. The number of carbonyl (C=O) groups excluding carboxylic acids is 2. The van der Waals surface area contributed by atoms with Crippen LogP contribution >= 0.6 is 0 Å². The molecule has 6 rings (SSSR count). The average molecular weight is 473 g/mol. The highest BCUT2D eigenvalue weighted by Crippen LogP contribution is 2.42. The first-order valence-electron chi connectivity index (χ1n) is 12.7. The fourth-order valence-corrected chi connectivity index (χ4v) is 5.92. The largest absolute Gasteiger partial charge is 0.379 e. The van der Waals surface area contributed by atoms with Crippen LogP contribution in [0.2, 0.25) is 0 Å². The monoisotopic (exact) mass is 472 g/mol. The number of ether oxygens (including phenoxy) is 1. The maximum absolute atomic E-state index is 13.8. The van der Waals surface area contributed by atoms with Gasteiger partial charge in [-0.1, -0.05) is 48.0 Å². The first kappa shape index (κ1) is 22.3. The van der Waals surface area contributed by atoms with Crippen LogP contribution in [0.3, 0.4) is 0 Å². The molecule has 2 atom stereocenters. The number of H-pyrrole nitrogens is 1. The van der Waals surface area contributed by atoms with Gasteiger partial charge in [0.15, 0.2) is 0 Å². The highest BCUT2D eigenvalue weighted by molar-refractivity contribution is 5.97. The summed E-state index contributed by atoms with van der Waals surface area (Å²) >= 11 is 0. The van der Waals surface area contributed by atoms with E-state index in [1.807, 2.05) is 17.0 Å². The fourth-order valence-electron chi connectivity index (χ4n) is 5.92. The molecule has 0 bridgehead atoms. The number of rotatable bonds is 5. The summed E-state index contributed by atoms with van der Waals surface area (Å²) in [5.41, 5.74) is 5.45. The summed E-state index contributed by atoms with van der Waals surface area (Å²) in [7, 11) is 0. The molecule has 1 aromatic heterocycles. The zero-order chi connectivity index (χ0) is 23.9. The van der Waals surface area contributed by atoms with E-state index in [0.717, 1.165) is 67.0 Å². The zero-order valence-corrected chi connectivity index (χ0v) is 20.2. The molecule has 3 aromatic rings. The number of nitrogens with one attached hydrogen (secondary N) is 1. The number of benzene rings is 2. The van der Waals surface area contributed by atoms with E-state index in [4.69, 9.17) is 4.74 Å². The van der Waals surface area contributed by atoms with Gasteiger partial charge in [-0.2, -0.15) is 0 Å². The summed E-state index contributed by atoms with van der Waals surface area (Å²) in [5.74, 6) is 0.0930. The molecule has 35 heavy (non-hydrogen) atoms. The molecule has 7 nitrogen and oxygen atoms in total. The van der Waals surface area contributed by atoms with Gasteiger partial charge in [-0.3, -0.25) is 14.5 Å². The number of aromatic nitrogens is 1. The molecule has 3 aliphatic rings. The van der Waals surface area contributed by atoms with Crippen LogP contribution in [0.1, 0.15) is 34.8 Å². The molecule has 182 valence electrons. The lowest BCUT2D eigenvalue weighted by Gasteiger charge is -2.47. The SMILES string of the molecule is Cc1ccc(C2c3[nH]c4ccccc4c3CC3C(=O)N(CCCN4CCOCC4)CC(=O)N32)cc1. The molecule has 1 N–H and O–H groups in total. The Bertz CT molecular complexity index is 1240. The minimum absolute atomic E-state index is 0.0239. The molecular weight excluding hydrogens is 440 g/mol. The van der Waals surface area contributed by atoms with Gasteiger partial charge < -0.3 is 19.5 Å². The average Bonchev–Trinajstić information content (AvgIpc) is 3.25. The Morgan fingerprint density at radius 2 is 1.77 bits per heavy atom. The highest BCUT2D eigenvalue weighted by Gasteiger charge is 2.48. The molecule has 7 heteroatoms. The summed E-state index contributed by atoms with van der Waals surface area (Å²) in [6, 6.07) is 15.8. The van der Waals surface area contributed by atoms with Gasteiger partial charge in [-0.25, -0.2) is 0 Å². The van der Waals surface area contributed by atoms with Gasteiger partial charge >= 0.3 is 0 Å². The van der Waals surface area contributed by atoms with Crippen molar-refractivity contribution < 1.29 is 14.3 Å². The molecule has 0 saturated carbocycles. The van der Waals surface area contributed by atoms with Crippen LogP contribution in [0.5, 0.6) is 0 Å². The second-order valence-electron chi connectivity index (χ2n) is 9.96. The molecule has 2 fully saturated rings. The summed E-state index contributed by atoms with van der Waals surface area (Å²) < 4.78 is 5.43. The van der Waals surface area contributed by atoms with Gasteiger partial charge in [-0.15, -0.1) is 0 Å². The minimum atomic E-state index is -0.474. The summed E-state index contributed by atoms with van der Waals surface area (Å²) in [6.07, 6.45) is 1.41. The topological polar surface area (TPSA) is 68.9 Å². The number of hydrogen-bond donors (Lipinski definition) is 1. The molecule has 0 spiro atoms. The molecule has 2 saturated heterocycles. The van der Waals surface area contributed by atoms with Crippen molar-refractivity contribution in [1.82, 2.24) is 19.7 Å². The van der Waals surface area contributed by atoms with Gasteiger partial charge in [0, 0.05) is 49.2 Å². The molecule has 0 aliphatic carbocycles. The second kappa shape index (κ2) is 9.13. The summed E-state index contributed by atoms with van der Waals surface area (Å²) in [4.78, 5) is 37.0.